The molecule has 0 heterocycles. The minimum absolute atomic E-state index is 0.00390. The molecule has 0 rings (SSSR count). The lowest BCUT2D eigenvalue weighted by Gasteiger charge is -2.28. The fraction of sp³-hybridized carbons (Fsp3) is 0.769. The van der Waals surface area contributed by atoms with Crippen LogP contribution in [-0.4, -0.2) is 53.2 Å². The van der Waals surface area contributed by atoms with E-state index >= 15 is 0 Å². The molecule has 7 heteroatoms. The number of rotatable bonds is 8. The van der Waals surface area contributed by atoms with Crippen LogP contribution in [0.2, 0.25) is 0 Å². The number of carbonyl (C=O) groups is 3. The Kier molecular flexibility index (Phi) is 8.35. The highest BCUT2D eigenvalue weighted by atomic mass is 16.5. The molecule has 0 saturated carbocycles. The van der Waals surface area contributed by atoms with Gasteiger partial charge in [0.25, 0.3) is 0 Å². The van der Waals surface area contributed by atoms with Gasteiger partial charge in [-0.3, -0.25) is 4.79 Å². The van der Waals surface area contributed by atoms with Gasteiger partial charge in [-0.15, -0.1) is 0 Å². The monoisotopic (exact) mass is 288 g/mol. The normalized spacial score (nSPS) is 11.8. The molecule has 0 aliphatic rings. The molecule has 0 aromatic rings. The van der Waals surface area contributed by atoms with E-state index in [0.717, 1.165) is 0 Å². The molecule has 2 amide bonds. The zero-order valence-electron chi connectivity index (χ0n) is 12.5. The number of carboxylic acid groups (broad SMARTS) is 1. The number of hydrogen-bond acceptors (Lipinski definition) is 4. The lowest BCUT2D eigenvalue weighted by atomic mass is 10.2. The Morgan fingerprint density at radius 1 is 1.25 bits per heavy atom. The fourth-order valence-electron chi connectivity index (χ4n) is 1.59. The molecule has 0 aliphatic carbocycles. The van der Waals surface area contributed by atoms with E-state index < -0.39 is 24.0 Å². The predicted octanol–water partition coefficient (Wildman–Crippen LogP) is 1.22. The average molecular weight is 288 g/mol. The molecule has 0 fully saturated rings. The largest absolute Gasteiger partial charge is 0.481 e. The van der Waals surface area contributed by atoms with Gasteiger partial charge in [-0.1, -0.05) is 0 Å². The number of urea groups is 1. The predicted molar refractivity (Wildman–Crippen MR) is 73.3 cm³/mol. The topological polar surface area (TPSA) is 95.9 Å². The van der Waals surface area contributed by atoms with E-state index in [2.05, 4.69) is 5.32 Å². The highest BCUT2D eigenvalue weighted by Gasteiger charge is 2.22. The lowest BCUT2D eigenvalue weighted by molar-refractivity contribution is -0.145. The highest BCUT2D eigenvalue weighted by Crippen LogP contribution is 2.03. The number of esters is 1. The van der Waals surface area contributed by atoms with Crippen molar-refractivity contribution < 1.29 is 24.2 Å². The third-order valence-electron chi connectivity index (χ3n) is 2.65. The van der Waals surface area contributed by atoms with Gasteiger partial charge < -0.3 is 20.1 Å². The summed E-state index contributed by atoms with van der Waals surface area (Å²) < 4.78 is 4.81. The van der Waals surface area contributed by atoms with Gasteiger partial charge in [0.2, 0.25) is 0 Å². The Morgan fingerprint density at radius 3 is 2.30 bits per heavy atom. The summed E-state index contributed by atoms with van der Waals surface area (Å²) in [5, 5.41) is 11.1. The molecular formula is C13H24N2O5. The van der Waals surface area contributed by atoms with Crippen LogP contribution in [0, 0.1) is 0 Å². The molecule has 7 nitrogen and oxygen atoms in total. The number of nitrogens with one attached hydrogen (secondary N) is 1. The van der Waals surface area contributed by atoms with Crippen LogP contribution in [0.3, 0.4) is 0 Å². The Morgan fingerprint density at radius 2 is 1.85 bits per heavy atom. The first kappa shape index (κ1) is 18.2. The van der Waals surface area contributed by atoms with E-state index in [1.807, 2.05) is 13.8 Å². The number of hydrogen-bond donors (Lipinski definition) is 2. The Bertz CT molecular complexity index is 344. The van der Waals surface area contributed by atoms with Crippen LogP contribution in [-0.2, 0) is 14.3 Å². The molecule has 0 bridgehead atoms. The Balaban J connectivity index is 4.42. The summed E-state index contributed by atoms with van der Waals surface area (Å²) in [6.45, 7) is 7.48. The molecule has 0 aliphatic heterocycles. The zero-order valence-corrected chi connectivity index (χ0v) is 12.5. The van der Waals surface area contributed by atoms with Crippen LogP contribution < -0.4 is 5.32 Å². The number of carboxylic acids is 1. The van der Waals surface area contributed by atoms with Gasteiger partial charge in [0.15, 0.2) is 0 Å². The van der Waals surface area contributed by atoms with Crippen molar-refractivity contribution in [3.63, 3.8) is 0 Å². The fourth-order valence-corrected chi connectivity index (χ4v) is 1.59. The van der Waals surface area contributed by atoms with E-state index in [1.165, 1.54) is 4.90 Å². The molecule has 1 atom stereocenters. The molecule has 116 valence electrons. The summed E-state index contributed by atoms with van der Waals surface area (Å²) in [7, 11) is 0. The van der Waals surface area contributed by atoms with Crippen LogP contribution in [0.1, 0.15) is 40.5 Å². The second-order valence-corrected chi connectivity index (χ2v) is 4.71. The van der Waals surface area contributed by atoms with Crippen LogP contribution in [0.5, 0.6) is 0 Å². The van der Waals surface area contributed by atoms with Crippen molar-refractivity contribution in [1.82, 2.24) is 10.2 Å². The maximum Gasteiger partial charge on any atom is 0.328 e. The van der Waals surface area contributed by atoms with Crippen molar-refractivity contribution in [3.8, 4) is 0 Å². The summed E-state index contributed by atoms with van der Waals surface area (Å²) in [4.78, 5) is 35.5. The van der Waals surface area contributed by atoms with Crippen molar-refractivity contribution in [1.29, 1.82) is 0 Å². The van der Waals surface area contributed by atoms with E-state index in [4.69, 9.17) is 9.84 Å². The third-order valence-corrected chi connectivity index (χ3v) is 2.65. The first-order valence-corrected chi connectivity index (χ1v) is 6.75. The maximum absolute atomic E-state index is 12.0. The standard InChI is InChI=1S/C13H24N2O5/c1-5-20-12(18)10(4)14-13(19)15(9(2)3)8-6-7-11(16)17/h9-10H,5-8H2,1-4H3,(H,14,19)(H,16,17). The summed E-state index contributed by atoms with van der Waals surface area (Å²) in [6.07, 6.45) is 0.374. The third kappa shape index (κ3) is 6.96. The van der Waals surface area contributed by atoms with E-state index in [0.29, 0.717) is 13.0 Å². The Labute approximate surface area is 119 Å². The number of ether oxygens (including phenoxy) is 1. The minimum Gasteiger partial charge on any atom is -0.481 e. The number of nitrogens with zero attached hydrogens (tertiary/aromatic N) is 1. The van der Waals surface area contributed by atoms with Gasteiger partial charge in [0.1, 0.15) is 6.04 Å². The lowest BCUT2D eigenvalue weighted by Crippen LogP contribution is -2.49. The molecule has 0 aromatic heterocycles. The van der Waals surface area contributed by atoms with Gasteiger partial charge >= 0.3 is 18.0 Å². The molecule has 0 saturated heterocycles. The average Bonchev–Trinajstić information content (AvgIpc) is 2.33. The molecule has 1 unspecified atom stereocenters. The zero-order chi connectivity index (χ0) is 15.7. The number of aliphatic carboxylic acids is 1. The van der Waals surface area contributed by atoms with Crippen LogP contribution in [0.25, 0.3) is 0 Å². The molecule has 2 N–H and O–H groups in total. The molecule has 0 aromatic carbocycles. The van der Waals surface area contributed by atoms with Gasteiger partial charge in [0.05, 0.1) is 6.61 Å². The SMILES string of the molecule is CCOC(=O)C(C)NC(=O)N(CCCC(=O)O)C(C)C. The highest BCUT2D eigenvalue weighted by molar-refractivity contribution is 5.83. The van der Waals surface area contributed by atoms with E-state index in [9.17, 15) is 14.4 Å². The van der Waals surface area contributed by atoms with Gasteiger partial charge in [-0.05, 0) is 34.1 Å². The molecule has 20 heavy (non-hydrogen) atoms. The van der Waals surface area contributed by atoms with Crippen molar-refractivity contribution in [3.05, 3.63) is 0 Å². The summed E-state index contributed by atoms with van der Waals surface area (Å²) in [5.41, 5.74) is 0. The quantitative estimate of drug-likeness (QED) is 0.655. The summed E-state index contributed by atoms with van der Waals surface area (Å²) in [5.74, 6) is -1.39. The van der Waals surface area contributed by atoms with Crippen molar-refractivity contribution in [2.45, 2.75) is 52.6 Å². The van der Waals surface area contributed by atoms with Crippen molar-refractivity contribution in [2.75, 3.05) is 13.2 Å². The Hall–Kier alpha value is -1.79. The second-order valence-electron chi connectivity index (χ2n) is 4.71. The summed E-state index contributed by atoms with van der Waals surface area (Å²) in [6, 6.07) is -1.22. The van der Waals surface area contributed by atoms with E-state index in [-0.39, 0.29) is 19.1 Å². The molecule has 0 spiro atoms. The molecular weight excluding hydrogens is 264 g/mol. The van der Waals surface area contributed by atoms with Crippen LogP contribution in [0.15, 0.2) is 0 Å². The van der Waals surface area contributed by atoms with Gasteiger partial charge in [0, 0.05) is 19.0 Å². The first-order chi connectivity index (χ1) is 9.29. The minimum atomic E-state index is -0.894. The molecule has 0 radical (unpaired) electrons. The van der Waals surface area contributed by atoms with Crippen molar-refractivity contribution >= 4 is 18.0 Å². The van der Waals surface area contributed by atoms with Crippen LogP contribution in [0.4, 0.5) is 4.79 Å². The summed E-state index contributed by atoms with van der Waals surface area (Å²) >= 11 is 0. The van der Waals surface area contributed by atoms with Crippen molar-refractivity contribution in [2.24, 2.45) is 0 Å². The van der Waals surface area contributed by atoms with E-state index in [1.54, 1.807) is 13.8 Å². The second kappa shape index (κ2) is 9.17. The smallest absolute Gasteiger partial charge is 0.328 e. The number of amides is 2. The first-order valence-electron chi connectivity index (χ1n) is 6.75. The van der Waals surface area contributed by atoms with Gasteiger partial charge in [-0.2, -0.15) is 0 Å². The maximum atomic E-state index is 12.0. The van der Waals surface area contributed by atoms with Gasteiger partial charge in [-0.25, -0.2) is 9.59 Å². The number of carbonyl (C=O) groups excluding carboxylic acids is 2. The van der Waals surface area contributed by atoms with Crippen LogP contribution >= 0.6 is 0 Å².